The second-order valence-corrected chi connectivity index (χ2v) is 6.31. The minimum atomic E-state index is -0.174. The molecule has 1 aromatic carbocycles. The molecule has 1 aromatic rings. The molecule has 22 heavy (non-hydrogen) atoms. The molecule has 0 unspecified atom stereocenters. The lowest BCUT2D eigenvalue weighted by atomic mass is 10.1. The molecule has 1 N–H and O–H groups in total. The number of aliphatic hydroxyl groups excluding tert-OH is 1. The fourth-order valence-corrected chi connectivity index (χ4v) is 2.96. The summed E-state index contributed by atoms with van der Waals surface area (Å²) >= 11 is 0. The van der Waals surface area contributed by atoms with Crippen molar-refractivity contribution in [2.75, 3.05) is 32.8 Å². The molecule has 0 radical (unpaired) electrons. The molecule has 1 heterocycles. The molecule has 0 saturated carbocycles. The number of aliphatic hydroxyl groups is 1. The maximum Gasteiger partial charge on any atom is 0.123 e. The van der Waals surface area contributed by atoms with Gasteiger partial charge in [-0.2, -0.15) is 0 Å². The predicted octanol–water partition coefficient (Wildman–Crippen LogP) is 2.66. The largest absolute Gasteiger partial charge is 0.396 e. The predicted molar refractivity (Wildman–Crippen MR) is 88.2 cm³/mol. The standard InChI is InChI=1S/C18H27FN2O/c1-15(2)6-8-21-10-9-20(14-18(21)7-11-22)13-16-4-3-5-17(19)12-16/h3-6,12,18,22H,7-11,13-14H2,1-2H3/t18-/m1/s1. The van der Waals surface area contributed by atoms with Gasteiger partial charge in [0.2, 0.25) is 0 Å². The summed E-state index contributed by atoms with van der Waals surface area (Å²) in [6.07, 6.45) is 3.03. The van der Waals surface area contributed by atoms with Crippen LogP contribution in [0.15, 0.2) is 35.9 Å². The van der Waals surface area contributed by atoms with Crippen LogP contribution < -0.4 is 0 Å². The molecule has 1 saturated heterocycles. The van der Waals surface area contributed by atoms with Crippen LogP contribution in [-0.4, -0.2) is 53.7 Å². The van der Waals surface area contributed by atoms with Crippen LogP contribution in [0.2, 0.25) is 0 Å². The fourth-order valence-electron chi connectivity index (χ4n) is 2.96. The first kappa shape index (κ1) is 17.1. The van der Waals surface area contributed by atoms with E-state index in [9.17, 15) is 9.50 Å². The molecular weight excluding hydrogens is 279 g/mol. The summed E-state index contributed by atoms with van der Waals surface area (Å²) in [6, 6.07) is 7.19. The number of hydrogen-bond acceptors (Lipinski definition) is 3. The second-order valence-electron chi connectivity index (χ2n) is 6.31. The van der Waals surface area contributed by atoms with Crippen LogP contribution in [-0.2, 0) is 6.54 Å². The van der Waals surface area contributed by atoms with E-state index in [4.69, 9.17) is 0 Å². The number of hydrogen-bond donors (Lipinski definition) is 1. The van der Waals surface area contributed by atoms with Crippen molar-refractivity contribution >= 4 is 0 Å². The van der Waals surface area contributed by atoms with Crippen LogP contribution in [0.25, 0.3) is 0 Å². The number of allylic oxidation sites excluding steroid dienone is 1. The van der Waals surface area contributed by atoms with E-state index in [0.717, 1.165) is 44.7 Å². The van der Waals surface area contributed by atoms with Crippen LogP contribution in [0.5, 0.6) is 0 Å². The van der Waals surface area contributed by atoms with Gasteiger partial charge in [-0.25, -0.2) is 4.39 Å². The molecule has 0 aliphatic carbocycles. The summed E-state index contributed by atoms with van der Waals surface area (Å²) in [5, 5.41) is 9.32. The van der Waals surface area contributed by atoms with Crippen LogP contribution >= 0.6 is 0 Å². The van der Waals surface area contributed by atoms with Crippen molar-refractivity contribution in [3.63, 3.8) is 0 Å². The van der Waals surface area contributed by atoms with Crippen molar-refractivity contribution < 1.29 is 9.50 Å². The van der Waals surface area contributed by atoms with Gasteiger partial charge in [0.15, 0.2) is 0 Å². The summed E-state index contributed by atoms with van der Waals surface area (Å²) in [5.74, 6) is -0.174. The van der Waals surface area contributed by atoms with Gasteiger partial charge in [-0.05, 0) is 38.0 Å². The van der Waals surface area contributed by atoms with E-state index in [0.29, 0.717) is 6.04 Å². The Balaban J connectivity index is 1.95. The maximum absolute atomic E-state index is 13.3. The van der Waals surface area contributed by atoms with Crippen molar-refractivity contribution in [3.8, 4) is 0 Å². The summed E-state index contributed by atoms with van der Waals surface area (Å²) in [7, 11) is 0. The Morgan fingerprint density at radius 1 is 1.36 bits per heavy atom. The van der Waals surface area contributed by atoms with Gasteiger partial charge in [-0.3, -0.25) is 9.80 Å². The minimum Gasteiger partial charge on any atom is -0.396 e. The fraction of sp³-hybridized carbons (Fsp3) is 0.556. The van der Waals surface area contributed by atoms with Crippen LogP contribution in [0.3, 0.4) is 0 Å². The lowest BCUT2D eigenvalue weighted by Crippen LogP contribution is -2.53. The van der Waals surface area contributed by atoms with E-state index in [-0.39, 0.29) is 12.4 Å². The number of benzene rings is 1. The third-order valence-corrected chi connectivity index (χ3v) is 4.18. The SMILES string of the molecule is CC(C)=CCN1CCN(Cc2cccc(F)c2)C[C@H]1CCO. The first-order valence-electron chi connectivity index (χ1n) is 8.03. The Hall–Kier alpha value is -1.23. The number of nitrogens with zero attached hydrogens (tertiary/aromatic N) is 2. The lowest BCUT2D eigenvalue weighted by molar-refractivity contribution is 0.0636. The van der Waals surface area contributed by atoms with Gasteiger partial charge in [0.1, 0.15) is 5.82 Å². The Bertz CT molecular complexity index is 500. The zero-order valence-corrected chi connectivity index (χ0v) is 13.6. The number of piperazine rings is 1. The van der Waals surface area contributed by atoms with E-state index in [2.05, 4.69) is 29.7 Å². The lowest BCUT2D eigenvalue weighted by Gasteiger charge is -2.41. The monoisotopic (exact) mass is 306 g/mol. The van der Waals surface area contributed by atoms with Gasteiger partial charge < -0.3 is 5.11 Å². The molecule has 1 aliphatic rings. The molecule has 0 bridgehead atoms. The topological polar surface area (TPSA) is 26.7 Å². The quantitative estimate of drug-likeness (QED) is 0.819. The third kappa shape index (κ3) is 5.20. The normalized spacial score (nSPS) is 20.1. The molecular formula is C18H27FN2O. The summed E-state index contributed by atoms with van der Waals surface area (Å²) in [6.45, 7) is 9.05. The first-order chi connectivity index (χ1) is 10.6. The van der Waals surface area contributed by atoms with Gasteiger partial charge in [-0.15, -0.1) is 0 Å². The summed E-state index contributed by atoms with van der Waals surface area (Å²) in [5.41, 5.74) is 2.34. The third-order valence-electron chi connectivity index (χ3n) is 4.18. The van der Waals surface area contributed by atoms with Crippen LogP contribution in [0, 0.1) is 5.82 Å². The highest BCUT2D eigenvalue weighted by Gasteiger charge is 2.25. The molecule has 4 heteroatoms. The molecule has 0 amide bonds. The van der Waals surface area contributed by atoms with Gasteiger partial charge in [0, 0.05) is 45.4 Å². The highest BCUT2D eigenvalue weighted by atomic mass is 19.1. The molecule has 1 aliphatic heterocycles. The Morgan fingerprint density at radius 2 is 2.18 bits per heavy atom. The average molecular weight is 306 g/mol. The first-order valence-corrected chi connectivity index (χ1v) is 8.03. The van der Waals surface area contributed by atoms with Crippen LogP contribution in [0.1, 0.15) is 25.8 Å². The van der Waals surface area contributed by atoms with Gasteiger partial charge >= 0.3 is 0 Å². The Kier molecular flexibility index (Phi) is 6.55. The van der Waals surface area contributed by atoms with E-state index in [1.165, 1.54) is 11.6 Å². The molecule has 3 nitrogen and oxygen atoms in total. The maximum atomic E-state index is 13.3. The van der Waals surface area contributed by atoms with Gasteiger partial charge in [0.05, 0.1) is 0 Å². The molecule has 0 spiro atoms. The molecule has 1 atom stereocenters. The summed E-state index contributed by atoms with van der Waals surface area (Å²) < 4.78 is 13.3. The van der Waals surface area contributed by atoms with E-state index in [1.54, 1.807) is 12.1 Å². The number of rotatable bonds is 6. The van der Waals surface area contributed by atoms with Crippen molar-refractivity contribution in [1.82, 2.24) is 9.80 Å². The molecule has 122 valence electrons. The van der Waals surface area contributed by atoms with Crippen molar-refractivity contribution in [1.29, 1.82) is 0 Å². The summed E-state index contributed by atoms with van der Waals surface area (Å²) in [4.78, 5) is 4.79. The van der Waals surface area contributed by atoms with E-state index in [1.807, 2.05) is 6.07 Å². The smallest absolute Gasteiger partial charge is 0.123 e. The van der Waals surface area contributed by atoms with Gasteiger partial charge in [0.25, 0.3) is 0 Å². The van der Waals surface area contributed by atoms with Crippen molar-refractivity contribution in [3.05, 3.63) is 47.3 Å². The highest BCUT2D eigenvalue weighted by molar-refractivity contribution is 5.16. The van der Waals surface area contributed by atoms with E-state index >= 15 is 0 Å². The van der Waals surface area contributed by atoms with Gasteiger partial charge in [-0.1, -0.05) is 23.8 Å². The van der Waals surface area contributed by atoms with E-state index < -0.39 is 0 Å². The zero-order valence-electron chi connectivity index (χ0n) is 13.6. The van der Waals surface area contributed by atoms with Crippen molar-refractivity contribution in [2.24, 2.45) is 0 Å². The molecule has 1 fully saturated rings. The highest BCUT2D eigenvalue weighted by Crippen LogP contribution is 2.16. The Morgan fingerprint density at radius 3 is 2.86 bits per heavy atom. The Labute approximate surface area is 133 Å². The molecule has 2 rings (SSSR count). The zero-order chi connectivity index (χ0) is 15.9. The second kappa shape index (κ2) is 8.42. The van der Waals surface area contributed by atoms with Crippen molar-refractivity contribution in [2.45, 2.75) is 32.9 Å². The van der Waals surface area contributed by atoms with Crippen LogP contribution in [0.4, 0.5) is 4.39 Å². The molecule has 0 aromatic heterocycles. The number of halogens is 1. The minimum absolute atomic E-state index is 0.174. The average Bonchev–Trinajstić information content (AvgIpc) is 2.46.